The molecule has 0 N–H and O–H groups in total. The van der Waals surface area contributed by atoms with Crippen LogP contribution in [0.3, 0.4) is 0 Å². The number of thiocarbonyl (C=S) groups is 1. The summed E-state index contributed by atoms with van der Waals surface area (Å²) in [6.45, 7) is 0. The molecule has 0 saturated heterocycles. The monoisotopic (exact) mass is 204 g/mol. The van der Waals surface area contributed by atoms with Crippen LogP contribution >= 0.6 is 12.2 Å². The van der Waals surface area contributed by atoms with Gasteiger partial charge in [-0.2, -0.15) is 0 Å². The maximum absolute atomic E-state index is 11.8. The molecule has 1 aliphatic carbocycles. The third-order valence-electron chi connectivity index (χ3n) is 2.81. The minimum absolute atomic E-state index is 0.285. The third-order valence-corrected chi connectivity index (χ3v) is 3.08. The van der Waals surface area contributed by atoms with Crippen LogP contribution in [0.5, 0.6) is 0 Å². The summed E-state index contributed by atoms with van der Waals surface area (Å²) in [5.74, 6) is 0.584. The Bertz CT molecular complexity index is 349. The molecule has 1 saturated carbocycles. The van der Waals surface area contributed by atoms with E-state index in [1.54, 1.807) is 5.37 Å². The van der Waals surface area contributed by atoms with Gasteiger partial charge in [0, 0.05) is 16.8 Å². The van der Waals surface area contributed by atoms with Crippen molar-refractivity contribution >= 4 is 23.4 Å². The van der Waals surface area contributed by atoms with Gasteiger partial charge in [-0.3, -0.25) is 4.79 Å². The molecule has 0 bridgehead atoms. The maximum atomic E-state index is 11.8. The summed E-state index contributed by atoms with van der Waals surface area (Å²) in [5.41, 5.74) is 1.82. The van der Waals surface area contributed by atoms with Gasteiger partial charge in [0.15, 0.2) is 5.78 Å². The van der Waals surface area contributed by atoms with Crippen LogP contribution in [-0.2, 0) is 0 Å². The van der Waals surface area contributed by atoms with Crippen molar-refractivity contribution in [2.24, 2.45) is 5.92 Å². The van der Waals surface area contributed by atoms with Gasteiger partial charge in [-0.25, -0.2) is 0 Å². The highest BCUT2D eigenvalue weighted by atomic mass is 32.1. The highest BCUT2D eigenvalue weighted by Crippen LogP contribution is 2.29. The van der Waals surface area contributed by atoms with Gasteiger partial charge in [-0.1, -0.05) is 42.9 Å². The van der Waals surface area contributed by atoms with Crippen LogP contribution in [0.1, 0.15) is 35.2 Å². The molecule has 0 spiro atoms. The average Bonchev–Trinajstić information content (AvgIpc) is 2.15. The fourth-order valence-corrected chi connectivity index (χ4v) is 1.79. The number of carbonyl (C=O) groups is 1. The van der Waals surface area contributed by atoms with E-state index in [2.05, 4.69) is 0 Å². The Morgan fingerprint density at radius 2 is 1.93 bits per heavy atom. The Kier molecular flexibility index (Phi) is 2.73. The van der Waals surface area contributed by atoms with E-state index in [-0.39, 0.29) is 5.92 Å². The molecule has 0 aromatic heterocycles. The first-order chi connectivity index (χ1) is 6.81. The zero-order valence-electron chi connectivity index (χ0n) is 7.90. The molecule has 2 rings (SSSR count). The molecule has 0 heterocycles. The molecule has 0 radical (unpaired) electrons. The van der Waals surface area contributed by atoms with Crippen molar-refractivity contribution in [1.82, 2.24) is 0 Å². The molecule has 1 aromatic carbocycles. The first kappa shape index (κ1) is 9.53. The summed E-state index contributed by atoms with van der Waals surface area (Å²) < 4.78 is 0. The second-order valence-corrected chi connectivity index (χ2v) is 3.97. The standard InChI is InChI=1S/C12H12OS/c13-12(10-2-1-3-10)11-6-4-9(8-14)5-7-11/h4-8,10H,1-3H2. The predicted octanol–water partition coefficient (Wildman–Crippen LogP) is 3.02. The smallest absolute Gasteiger partial charge is 0.165 e. The van der Waals surface area contributed by atoms with E-state index in [9.17, 15) is 4.79 Å². The van der Waals surface area contributed by atoms with Crippen LogP contribution < -0.4 is 0 Å². The largest absolute Gasteiger partial charge is 0.294 e. The Labute approximate surface area is 89.1 Å². The number of Topliss-reactive ketones (excluding diaryl/α,β-unsaturated/α-hetero) is 1. The molecule has 0 atom stereocenters. The predicted molar refractivity (Wildman–Crippen MR) is 60.9 cm³/mol. The fraction of sp³-hybridized carbons (Fsp3) is 0.333. The van der Waals surface area contributed by atoms with Crippen LogP contribution in [-0.4, -0.2) is 11.2 Å². The van der Waals surface area contributed by atoms with Crippen molar-refractivity contribution in [3.05, 3.63) is 35.4 Å². The van der Waals surface area contributed by atoms with Crippen molar-refractivity contribution in [3.8, 4) is 0 Å². The maximum Gasteiger partial charge on any atom is 0.165 e. The molecule has 1 nitrogen and oxygen atoms in total. The fourth-order valence-electron chi connectivity index (χ4n) is 1.63. The summed E-state index contributed by atoms with van der Waals surface area (Å²) in [6, 6.07) is 7.55. The van der Waals surface area contributed by atoms with Crippen molar-refractivity contribution < 1.29 is 4.79 Å². The second kappa shape index (κ2) is 4.01. The van der Waals surface area contributed by atoms with Gasteiger partial charge in [-0.05, 0) is 18.4 Å². The van der Waals surface area contributed by atoms with Gasteiger partial charge in [-0.15, -0.1) is 0 Å². The van der Waals surface area contributed by atoms with Gasteiger partial charge in [0.25, 0.3) is 0 Å². The molecule has 0 aliphatic heterocycles. The van der Waals surface area contributed by atoms with Crippen molar-refractivity contribution in [1.29, 1.82) is 0 Å². The molecular formula is C12H12OS. The first-order valence-electron chi connectivity index (χ1n) is 4.91. The molecular weight excluding hydrogens is 192 g/mol. The van der Waals surface area contributed by atoms with E-state index < -0.39 is 0 Å². The number of rotatable bonds is 3. The summed E-state index contributed by atoms with van der Waals surface area (Å²) in [7, 11) is 0. The van der Waals surface area contributed by atoms with E-state index in [0.717, 1.165) is 24.0 Å². The van der Waals surface area contributed by atoms with Gasteiger partial charge < -0.3 is 0 Å². The molecule has 1 aromatic rings. The third kappa shape index (κ3) is 1.75. The number of hydrogen-bond acceptors (Lipinski definition) is 2. The minimum atomic E-state index is 0.285. The molecule has 0 unspecified atom stereocenters. The van der Waals surface area contributed by atoms with E-state index in [4.69, 9.17) is 12.2 Å². The van der Waals surface area contributed by atoms with Crippen LogP contribution in [0.15, 0.2) is 24.3 Å². The van der Waals surface area contributed by atoms with Crippen molar-refractivity contribution in [3.63, 3.8) is 0 Å². The quantitative estimate of drug-likeness (QED) is 0.556. The van der Waals surface area contributed by atoms with E-state index >= 15 is 0 Å². The highest BCUT2D eigenvalue weighted by Gasteiger charge is 2.25. The SMILES string of the molecule is O=C(c1ccc(C=S)cc1)C1CCC1. The number of hydrogen-bond donors (Lipinski definition) is 0. The number of benzene rings is 1. The summed E-state index contributed by atoms with van der Waals surface area (Å²) in [6.07, 6.45) is 3.33. The molecule has 2 heteroatoms. The summed E-state index contributed by atoms with van der Waals surface area (Å²) >= 11 is 4.80. The molecule has 0 amide bonds. The Hall–Kier alpha value is -1.02. The lowest BCUT2D eigenvalue weighted by Crippen LogP contribution is -2.21. The molecule has 72 valence electrons. The summed E-state index contributed by atoms with van der Waals surface area (Å²) in [4.78, 5) is 11.8. The lowest BCUT2D eigenvalue weighted by Gasteiger charge is -2.23. The Balaban J connectivity index is 2.15. The number of carbonyl (C=O) groups excluding carboxylic acids is 1. The Morgan fingerprint density at radius 3 is 2.36 bits per heavy atom. The average molecular weight is 204 g/mol. The lowest BCUT2D eigenvalue weighted by atomic mass is 9.80. The topological polar surface area (TPSA) is 17.1 Å². The normalized spacial score (nSPS) is 16.0. The van der Waals surface area contributed by atoms with Gasteiger partial charge in [0.2, 0.25) is 0 Å². The zero-order valence-corrected chi connectivity index (χ0v) is 8.72. The van der Waals surface area contributed by atoms with Gasteiger partial charge in [0.1, 0.15) is 0 Å². The molecule has 1 fully saturated rings. The van der Waals surface area contributed by atoms with Crippen LogP contribution in [0.25, 0.3) is 0 Å². The van der Waals surface area contributed by atoms with Crippen LogP contribution in [0, 0.1) is 5.92 Å². The Morgan fingerprint density at radius 1 is 1.29 bits per heavy atom. The lowest BCUT2D eigenvalue weighted by molar-refractivity contribution is 0.0855. The summed E-state index contributed by atoms with van der Waals surface area (Å²) in [5, 5.41) is 1.62. The number of ketones is 1. The van der Waals surface area contributed by atoms with Crippen molar-refractivity contribution in [2.45, 2.75) is 19.3 Å². The molecule has 1 aliphatic rings. The van der Waals surface area contributed by atoms with Crippen molar-refractivity contribution in [2.75, 3.05) is 0 Å². The highest BCUT2D eigenvalue weighted by molar-refractivity contribution is 7.79. The van der Waals surface area contributed by atoms with E-state index in [0.29, 0.717) is 5.78 Å². The second-order valence-electron chi connectivity index (χ2n) is 3.73. The van der Waals surface area contributed by atoms with Crippen LogP contribution in [0.4, 0.5) is 0 Å². The van der Waals surface area contributed by atoms with Gasteiger partial charge in [0.05, 0.1) is 0 Å². The van der Waals surface area contributed by atoms with E-state index in [1.165, 1.54) is 6.42 Å². The zero-order chi connectivity index (χ0) is 9.97. The van der Waals surface area contributed by atoms with E-state index in [1.807, 2.05) is 24.3 Å². The van der Waals surface area contributed by atoms with Crippen LogP contribution in [0.2, 0.25) is 0 Å². The first-order valence-corrected chi connectivity index (χ1v) is 5.38. The molecule has 14 heavy (non-hydrogen) atoms. The minimum Gasteiger partial charge on any atom is -0.294 e. The van der Waals surface area contributed by atoms with Gasteiger partial charge >= 0.3 is 0 Å².